The van der Waals surface area contributed by atoms with Crippen molar-refractivity contribution in [3.05, 3.63) is 64.9 Å². The second-order valence-corrected chi connectivity index (χ2v) is 6.63. The van der Waals surface area contributed by atoms with E-state index in [1.807, 2.05) is 53.1 Å². The highest BCUT2D eigenvalue weighted by Crippen LogP contribution is 2.15. The molecule has 3 aromatic rings. The highest BCUT2D eigenvalue weighted by molar-refractivity contribution is 6.30. The van der Waals surface area contributed by atoms with Crippen LogP contribution in [0.5, 0.6) is 0 Å². The minimum absolute atomic E-state index is 0.145. The molecule has 0 bridgehead atoms. The number of imidazole rings is 1. The first-order chi connectivity index (χ1) is 12.7. The van der Waals surface area contributed by atoms with Gasteiger partial charge in [0.1, 0.15) is 0 Å². The first kappa shape index (κ1) is 16.9. The average molecular weight is 372 g/mol. The molecule has 0 aliphatic carbocycles. The SMILES string of the molecule is O=C(NCc1cccc(Cl)c1)c1[nH]c(N2CCOCC2)[n+]2ccccc12. The minimum Gasteiger partial charge on any atom is -0.375 e. The van der Waals surface area contributed by atoms with Crippen LogP contribution in [0, 0.1) is 0 Å². The number of H-pyrrole nitrogens is 1. The number of nitrogens with zero attached hydrogens (tertiary/aromatic N) is 2. The Labute approximate surface area is 156 Å². The van der Waals surface area contributed by atoms with Gasteiger partial charge in [0, 0.05) is 11.6 Å². The Bertz CT molecular complexity index is 934. The summed E-state index contributed by atoms with van der Waals surface area (Å²) in [5.74, 6) is 0.755. The summed E-state index contributed by atoms with van der Waals surface area (Å²) < 4.78 is 7.44. The molecule has 0 spiro atoms. The van der Waals surface area contributed by atoms with Crippen molar-refractivity contribution >= 4 is 29.0 Å². The van der Waals surface area contributed by atoms with Gasteiger partial charge in [-0.05, 0) is 29.8 Å². The smallest absolute Gasteiger partial charge is 0.363 e. The van der Waals surface area contributed by atoms with E-state index in [0.29, 0.717) is 30.5 Å². The van der Waals surface area contributed by atoms with E-state index in [2.05, 4.69) is 15.2 Å². The van der Waals surface area contributed by atoms with Gasteiger partial charge in [-0.2, -0.15) is 0 Å². The fraction of sp³-hybridized carbons (Fsp3) is 0.263. The number of rotatable bonds is 4. The Balaban J connectivity index is 1.60. The lowest BCUT2D eigenvalue weighted by atomic mass is 10.2. The lowest BCUT2D eigenvalue weighted by molar-refractivity contribution is -0.497. The van der Waals surface area contributed by atoms with Crippen molar-refractivity contribution in [1.29, 1.82) is 0 Å². The number of hydrogen-bond donors (Lipinski definition) is 2. The molecule has 6 nitrogen and oxygen atoms in total. The zero-order valence-corrected chi connectivity index (χ0v) is 15.0. The van der Waals surface area contributed by atoms with E-state index < -0.39 is 0 Å². The largest absolute Gasteiger partial charge is 0.375 e. The van der Waals surface area contributed by atoms with E-state index in [4.69, 9.17) is 16.3 Å². The maximum atomic E-state index is 12.8. The number of benzene rings is 1. The van der Waals surface area contributed by atoms with Gasteiger partial charge in [0.25, 0.3) is 5.91 Å². The summed E-state index contributed by atoms with van der Waals surface area (Å²) in [6.07, 6.45) is 1.96. The number of fused-ring (bicyclic) bond motifs is 1. The normalized spacial score (nSPS) is 14.6. The van der Waals surface area contributed by atoms with Crippen LogP contribution < -0.4 is 14.6 Å². The van der Waals surface area contributed by atoms with Crippen LogP contribution in [0.4, 0.5) is 5.95 Å². The molecule has 1 aliphatic rings. The number of amides is 1. The number of carbonyl (C=O) groups is 1. The van der Waals surface area contributed by atoms with Crippen LogP contribution in [-0.2, 0) is 11.3 Å². The monoisotopic (exact) mass is 371 g/mol. The zero-order chi connectivity index (χ0) is 17.9. The molecular weight excluding hydrogens is 352 g/mol. The number of halogens is 1. The van der Waals surface area contributed by atoms with E-state index in [-0.39, 0.29) is 5.91 Å². The number of aromatic nitrogens is 2. The first-order valence-electron chi connectivity index (χ1n) is 8.60. The Morgan fingerprint density at radius 3 is 2.88 bits per heavy atom. The van der Waals surface area contributed by atoms with Crippen molar-refractivity contribution in [1.82, 2.24) is 10.3 Å². The Kier molecular flexibility index (Phi) is 4.77. The molecule has 134 valence electrons. The fourth-order valence-corrected chi connectivity index (χ4v) is 3.38. The van der Waals surface area contributed by atoms with Gasteiger partial charge in [-0.1, -0.05) is 29.8 Å². The molecule has 1 aliphatic heterocycles. The van der Waals surface area contributed by atoms with Crippen molar-refractivity contribution in [2.24, 2.45) is 0 Å². The summed E-state index contributed by atoms with van der Waals surface area (Å²) >= 11 is 6.01. The molecule has 0 unspecified atom stereocenters. The Hall–Kier alpha value is -2.57. The number of carbonyl (C=O) groups excluding carboxylic acids is 1. The predicted octanol–water partition coefficient (Wildman–Crippen LogP) is 2.17. The number of nitrogens with one attached hydrogen (secondary N) is 2. The van der Waals surface area contributed by atoms with Gasteiger partial charge in [0.05, 0.1) is 32.5 Å². The summed E-state index contributed by atoms with van der Waals surface area (Å²) in [6.45, 7) is 3.38. The van der Waals surface area contributed by atoms with Crippen LogP contribution in [0.15, 0.2) is 48.7 Å². The number of ether oxygens (including phenoxy) is 1. The molecule has 1 saturated heterocycles. The molecule has 7 heteroatoms. The highest BCUT2D eigenvalue weighted by atomic mass is 35.5. The molecule has 0 radical (unpaired) electrons. The number of aromatic amines is 1. The topological polar surface area (TPSA) is 61.5 Å². The van der Waals surface area contributed by atoms with E-state index in [9.17, 15) is 4.79 Å². The van der Waals surface area contributed by atoms with Gasteiger partial charge < -0.3 is 10.1 Å². The lowest BCUT2D eigenvalue weighted by Crippen LogP contribution is -2.41. The van der Waals surface area contributed by atoms with Crippen molar-refractivity contribution in [3.8, 4) is 0 Å². The van der Waals surface area contributed by atoms with E-state index in [1.165, 1.54) is 0 Å². The molecule has 1 amide bonds. The van der Waals surface area contributed by atoms with Gasteiger partial charge in [-0.3, -0.25) is 9.69 Å². The molecule has 4 rings (SSSR count). The molecule has 0 atom stereocenters. The lowest BCUT2D eigenvalue weighted by Gasteiger charge is -2.21. The summed E-state index contributed by atoms with van der Waals surface area (Å²) in [6, 6.07) is 13.3. The fourth-order valence-electron chi connectivity index (χ4n) is 3.16. The first-order valence-corrected chi connectivity index (χ1v) is 8.98. The second-order valence-electron chi connectivity index (χ2n) is 6.19. The predicted molar refractivity (Wildman–Crippen MR) is 99.6 cm³/mol. The third-order valence-corrected chi connectivity index (χ3v) is 4.70. The zero-order valence-electron chi connectivity index (χ0n) is 14.2. The Morgan fingerprint density at radius 2 is 2.08 bits per heavy atom. The summed E-state index contributed by atoms with van der Waals surface area (Å²) in [5.41, 5.74) is 2.36. The maximum Gasteiger partial charge on any atom is 0.363 e. The van der Waals surface area contributed by atoms with E-state index in [0.717, 1.165) is 30.1 Å². The maximum absolute atomic E-state index is 12.8. The van der Waals surface area contributed by atoms with Gasteiger partial charge in [0.2, 0.25) is 5.69 Å². The van der Waals surface area contributed by atoms with Crippen LogP contribution in [0.2, 0.25) is 5.02 Å². The number of hydrogen-bond acceptors (Lipinski definition) is 3. The average Bonchev–Trinajstić information content (AvgIpc) is 3.07. The molecule has 3 heterocycles. The third-order valence-electron chi connectivity index (χ3n) is 4.46. The highest BCUT2D eigenvalue weighted by Gasteiger charge is 2.27. The van der Waals surface area contributed by atoms with Crippen molar-refractivity contribution in [2.75, 3.05) is 31.2 Å². The van der Waals surface area contributed by atoms with Gasteiger partial charge >= 0.3 is 5.95 Å². The summed E-state index contributed by atoms with van der Waals surface area (Å²) in [7, 11) is 0. The summed E-state index contributed by atoms with van der Waals surface area (Å²) in [5, 5.41) is 3.62. The van der Waals surface area contributed by atoms with Crippen LogP contribution in [0.1, 0.15) is 16.1 Å². The second kappa shape index (κ2) is 7.35. The molecule has 2 N–H and O–H groups in total. The number of pyridine rings is 1. The summed E-state index contributed by atoms with van der Waals surface area (Å²) in [4.78, 5) is 18.3. The standard InChI is InChI=1S/C19H19ClN4O2/c20-15-5-3-4-14(12-15)13-21-18(25)17-16-6-1-2-7-24(16)19(22-17)23-8-10-26-11-9-23/h1-7,12H,8-11,13H2,(H,21,25)/p+1. The van der Waals surface area contributed by atoms with Crippen LogP contribution in [-0.4, -0.2) is 37.2 Å². The van der Waals surface area contributed by atoms with E-state index >= 15 is 0 Å². The van der Waals surface area contributed by atoms with Gasteiger partial charge in [-0.15, -0.1) is 0 Å². The van der Waals surface area contributed by atoms with Crippen LogP contribution >= 0.6 is 11.6 Å². The molecule has 1 fully saturated rings. The van der Waals surface area contributed by atoms with Gasteiger partial charge in [-0.25, -0.2) is 9.38 Å². The number of morpholine rings is 1. The molecular formula is C19H20ClN4O2+. The number of anilines is 1. The molecule has 1 aromatic carbocycles. The molecule has 2 aromatic heterocycles. The van der Waals surface area contributed by atoms with Crippen molar-refractivity contribution < 1.29 is 13.9 Å². The molecule has 0 saturated carbocycles. The quantitative estimate of drug-likeness (QED) is 0.691. The van der Waals surface area contributed by atoms with Gasteiger partial charge in [0.15, 0.2) is 5.52 Å². The third kappa shape index (κ3) is 3.38. The molecule has 26 heavy (non-hydrogen) atoms. The minimum atomic E-state index is -0.145. The van der Waals surface area contributed by atoms with Crippen molar-refractivity contribution in [2.45, 2.75) is 6.54 Å². The van der Waals surface area contributed by atoms with Crippen LogP contribution in [0.25, 0.3) is 5.52 Å². The van der Waals surface area contributed by atoms with Crippen molar-refractivity contribution in [3.63, 3.8) is 0 Å². The van der Waals surface area contributed by atoms with E-state index in [1.54, 1.807) is 0 Å². The Morgan fingerprint density at radius 1 is 1.23 bits per heavy atom. The van der Waals surface area contributed by atoms with Crippen LogP contribution in [0.3, 0.4) is 0 Å².